The zero-order valence-corrected chi connectivity index (χ0v) is 8.72. The molecule has 0 aliphatic carbocycles. The summed E-state index contributed by atoms with van der Waals surface area (Å²) in [4.78, 5) is 7.48. The fourth-order valence-corrected chi connectivity index (χ4v) is 1.63. The third-order valence-corrected chi connectivity index (χ3v) is 2.49. The van der Waals surface area contributed by atoms with Crippen LogP contribution in [0, 0.1) is 6.92 Å². The second-order valence-electron chi connectivity index (χ2n) is 3.41. The lowest BCUT2D eigenvalue weighted by Crippen LogP contribution is -2.12. The van der Waals surface area contributed by atoms with Gasteiger partial charge in [0.05, 0.1) is 12.0 Å². The van der Waals surface area contributed by atoms with Gasteiger partial charge in [0.1, 0.15) is 0 Å². The van der Waals surface area contributed by atoms with Crippen LogP contribution < -0.4 is 5.32 Å². The van der Waals surface area contributed by atoms with Crippen molar-refractivity contribution in [2.75, 3.05) is 13.6 Å². The minimum Gasteiger partial charge on any atom is -0.348 e. The van der Waals surface area contributed by atoms with Crippen LogP contribution in [0.5, 0.6) is 0 Å². The summed E-state index contributed by atoms with van der Waals surface area (Å²) in [6, 6.07) is 0. The maximum absolute atomic E-state index is 4.36. The van der Waals surface area contributed by atoms with Crippen molar-refractivity contribution in [2.45, 2.75) is 32.6 Å². The molecule has 1 rings (SSSR count). The Kier molecular flexibility index (Phi) is 3.96. The van der Waals surface area contributed by atoms with Gasteiger partial charge in [0.25, 0.3) is 0 Å². The van der Waals surface area contributed by atoms with Gasteiger partial charge >= 0.3 is 0 Å². The van der Waals surface area contributed by atoms with E-state index in [0.29, 0.717) is 5.92 Å². The van der Waals surface area contributed by atoms with E-state index in [1.807, 2.05) is 7.05 Å². The standard InChI is InChI=1S/C10H19N3/c1-4-9(5-6-11-3)10-8(2)12-7-13-10/h7,9,11H,4-6H2,1-3H3,(H,12,13). The molecule has 0 aromatic carbocycles. The minimum absolute atomic E-state index is 0.596. The van der Waals surface area contributed by atoms with Gasteiger partial charge in [-0.25, -0.2) is 4.98 Å². The maximum Gasteiger partial charge on any atom is 0.0925 e. The molecule has 3 heteroatoms. The summed E-state index contributed by atoms with van der Waals surface area (Å²) >= 11 is 0. The first kappa shape index (κ1) is 10.3. The molecule has 0 fully saturated rings. The van der Waals surface area contributed by atoms with Gasteiger partial charge in [0, 0.05) is 11.6 Å². The van der Waals surface area contributed by atoms with Gasteiger partial charge in [-0.1, -0.05) is 6.92 Å². The van der Waals surface area contributed by atoms with Crippen LogP contribution in [0.4, 0.5) is 0 Å². The molecule has 0 aliphatic rings. The third-order valence-electron chi connectivity index (χ3n) is 2.49. The maximum atomic E-state index is 4.36. The summed E-state index contributed by atoms with van der Waals surface area (Å²) in [7, 11) is 1.99. The van der Waals surface area contributed by atoms with Crippen molar-refractivity contribution in [3.63, 3.8) is 0 Å². The molecule has 1 unspecified atom stereocenters. The largest absolute Gasteiger partial charge is 0.348 e. The molecule has 74 valence electrons. The smallest absolute Gasteiger partial charge is 0.0925 e. The van der Waals surface area contributed by atoms with Gasteiger partial charge in [-0.15, -0.1) is 0 Å². The van der Waals surface area contributed by atoms with E-state index < -0.39 is 0 Å². The Bertz CT molecular complexity index is 242. The number of imidazole rings is 1. The Morgan fingerprint density at radius 3 is 2.85 bits per heavy atom. The Morgan fingerprint density at radius 1 is 1.62 bits per heavy atom. The van der Waals surface area contributed by atoms with Crippen molar-refractivity contribution in [1.29, 1.82) is 0 Å². The van der Waals surface area contributed by atoms with Crippen molar-refractivity contribution in [1.82, 2.24) is 15.3 Å². The van der Waals surface area contributed by atoms with Crippen LogP contribution in [-0.2, 0) is 0 Å². The molecule has 3 nitrogen and oxygen atoms in total. The molecular weight excluding hydrogens is 162 g/mol. The van der Waals surface area contributed by atoms with Gasteiger partial charge in [-0.3, -0.25) is 0 Å². The molecule has 0 aliphatic heterocycles. The molecule has 0 bridgehead atoms. The molecule has 1 aromatic heterocycles. The van der Waals surface area contributed by atoms with E-state index in [4.69, 9.17) is 0 Å². The number of rotatable bonds is 5. The second-order valence-corrected chi connectivity index (χ2v) is 3.41. The number of hydrogen-bond acceptors (Lipinski definition) is 2. The van der Waals surface area contributed by atoms with E-state index in [1.165, 1.54) is 17.8 Å². The van der Waals surface area contributed by atoms with Crippen LogP contribution in [0.25, 0.3) is 0 Å². The molecule has 0 saturated heterocycles. The fraction of sp³-hybridized carbons (Fsp3) is 0.700. The van der Waals surface area contributed by atoms with E-state index in [1.54, 1.807) is 6.33 Å². The second kappa shape index (κ2) is 5.02. The van der Waals surface area contributed by atoms with Crippen molar-refractivity contribution in [3.8, 4) is 0 Å². The number of aromatic nitrogens is 2. The van der Waals surface area contributed by atoms with Gasteiger partial charge < -0.3 is 10.3 Å². The van der Waals surface area contributed by atoms with Crippen molar-refractivity contribution >= 4 is 0 Å². The first-order valence-electron chi connectivity index (χ1n) is 4.94. The summed E-state index contributed by atoms with van der Waals surface area (Å²) in [5.74, 6) is 0.596. The average molecular weight is 181 g/mol. The van der Waals surface area contributed by atoms with Gasteiger partial charge in [-0.2, -0.15) is 0 Å². The van der Waals surface area contributed by atoms with E-state index in [0.717, 1.165) is 13.0 Å². The molecule has 0 saturated carbocycles. The van der Waals surface area contributed by atoms with Crippen molar-refractivity contribution < 1.29 is 0 Å². The van der Waals surface area contributed by atoms with Crippen LogP contribution in [0.3, 0.4) is 0 Å². The lowest BCUT2D eigenvalue weighted by Gasteiger charge is -2.12. The van der Waals surface area contributed by atoms with Gasteiger partial charge in [0.2, 0.25) is 0 Å². The van der Waals surface area contributed by atoms with Crippen LogP contribution in [0.15, 0.2) is 6.33 Å². The quantitative estimate of drug-likeness (QED) is 0.727. The van der Waals surface area contributed by atoms with Crippen LogP contribution in [0.2, 0.25) is 0 Å². The summed E-state index contributed by atoms with van der Waals surface area (Å²) in [5.41, 5.74) is 2.45. The number of nitrogens with one attached hydrogen (secondary N) is 2. The van der Waals surface area contributed by atoms with E-state index in [-0.39, 0.29) is 0 Å². The number of hydrogen-bond donors (Lipinski definition) is 2. The Balaban J connectivity index is 2.61. The zero-order valence-electron chi connectivity index (χ0n) is 8.72. The number of nitrogens with zero attached hydrogens (tertiary/aromatic N) is 1. The Morgan fingerprint density at radius 2 is 2.38 bits per heavy atom. The lowest BCUT2D eigenvalue weighted by molar-refractivity contribution is 0.568. The SMILES string of the molecule is CCC(CCNC)c1nc[nH]c1C. The lowest BCUT2D eigenvalue weighted by atomic mass is 9.97. The first-order valence-corrected chi connectivity index (χ1v) is 4.94. The zero-order chi connectivity index (χ0) is 9.68. The molecule has 1 aromatic rings. The highest BCUT2D eigenvalue weighted by atomic mass is 14.9. The third kappa shape index (κ3) is 2.56. The molecule has 13 heavy (non-hydrogen) atoms. The van der Waals surface area contributed by atoms with Gasteiger partial charge in [0.15, 0.2) is 0 Å². The van der Waals surface area contributed by atoms with Gasteiger partial charge in [-0.05, 0) is 33.4 Å². The van der Waals surface area contributed by atoms with Crippen LogP contribution in [-0.4, -0.2) is 23.6 Å². The Labute approximate surface area is 80.0 Å². The molecule has 0 spiro atoms. The highest BCUT2D eigenvalue weighted by molar-refractivity contribution is 5.14. The van der Waals surface area contributed by atoms with Crippen LogP contribution in [0.1, 0.15) is 37.1 Å². The molecule has 1 heterocycles. The number of aromatic amines is 1. The predicted molar refractivity (Wildman–Crippen MR) is 54.9 cm³/mol. The summed E-state index contributed by atoms with van der Waals surface area (Å²) in [5, 5.41) is 3.18. The highest BCUT2D eigenvalue weighted by Crippen LogP contribution is 2.22. The summed E-state index contributed by atoms with van der Waals surface area (Å²) in [6.45, 7) is 5.36. The molecule has 0 radical (unpaired) electrons. The van der Waals surface area contributed by atoms with E-state index in [2.05, 4.69) is 29.1 Å². The number of H-pyrrole nitrogens is 1. The average Bonchev–Trinajstić information content (AvgIpc) is 2.54. The topological polar surface area (TPSA) is 40.7 Å². The first-order chi connectivity index (χ1) is 6.29. The van der Waals surface area contributed by atoms with Crippen molar-refractivity contribution in [3.05, 3.63) is 17.7 Å². The fourth-order valence-electron chi connectivity index (χ4n) is 1.63. The molecule has 2 N–H and O–H groups in total. The number of aryl methyl sites for hydroxylation is 1. The summed E-state index contributed by atoms with van der Waals surface area (Å²) < 4.78 is 0. The minimum atomic E-state index is 0.596. The normalized spacial score (nSPS) is 13.2. The van der Waals surface area contributed by atoms with E-state index >= 15 is 0 Å². The van der Waals surface area contributed by atoms with Crippen molar-refractivity contribution in [2.24, 2.45) is 0 Å². The van der Waals surface area contributed by atoms with E-state index in [9.17, 15) is 0 Å². The molecule has 1 atom stereocenters. The molecule has 0 amide bonds. The predicted octanol–water partition coefficient (Wildman–Crippen LogP) is 1.82. The molecular formula is C10H19N3. The monoisotopic (exact) mass is 181 g/mol. The summed E-state index contributed by atoms with van der Waals surface area (Å²) in [6.07, 6.45) is 4.11. The van der Waals surface area contributed by atoms with Crippen LogP contribution >= 0.6 is 0 Å². The Hall–Kier alpha value is -0.830. The highest BCUT2D eigenvalue weighted by Gasteiger charge is 2.13.